The Morgan fingerprint density at radius 2 is 1.00 bits per heavy atom. The lowest BCUT2D eigenvalue weighted by atomic mass is 9.90. The molecule has 4 heteroatoms. The summed E-state index contributed by atoms with van der Waals surface area (Å²) in [6, 6.07) is 68.3. The van der Waals surface area contributed by atoms with Crippen LogP contribution in [0.5, 0.6) is 0 Å². The Morgan fingerprint density at radius 3 is 1.58 bits per heavy atom. The van der Waals surface area contributed by atoms with E-state index in [-0.39, 0.29) is 0 Å². The maximum atomic E-state index is 6.40. The smallest absolute Gasteiger partial charge is 0.246 e. The van der Waals surface area contributed by atoms with Crippen LogP contribution in [0, 0.1) is 0 Å². The van der Waals surface area contributed by atoms with Gasteiger partial charge < -0.3 is 8.98 Å². The highest BCUT2D eigenvalue weighted by Gasteiger charge is 2.25. The molecule has 0 aliphatic carbocycles. The number of nitrogens with zero attached hydrogens (tertiary/aromatic N) is 3. The molecule has 11 rings (SSSR count). The predicted molar refractivity (Wildman–Crippen MR) is 259 cm³/mol. The van der Waals surface area contributed by atoms with Gasteiger partial charge in [-0.2, -0.15) is 0 Å². The summed E-state index contributed by atoms with van der Waals surface area (Å²) in [5.41, 5.74) is 17.2. The van der Waals surface area contributed by atoms with Crippen molar-refractivity contribution >= 4 is 49.6 Å². The second-order valence-electron chi connectivity index (χ2n) is 15.4. The van der Waals surface area contributed by atoms with Crippen molar-refractivity contribution in [3.8, 4) is 61.6 Å². The van der Waals surface area contributed by atoms with Crippen LogP contribution in [-0.2, 0) is 0 Å². The normalized spacial score (nSPS) is 11.8. The second-order valence-corrected chi connectivity index (χ2v) is 15.4. The van der Waals surface area contributed by atoms with E-state index in [0.29, 0.717) is 5.71 Å². The molecular formula is C58H39N3O. The SMILES string of the molecule is C=C/C=C(\C=C)c1cc(-c2nc3oc4ccccc4c3nc2-c2ccccc2)cc(-c2ccccc2)c1-n1c2ccc(-c3ccccc3)cc2c2cc(-c3ccccc3)ccc21. The highest BCUT2D eigenvalue weighted by molar-refractivity contribution is 6.13. The van der Waals surface area contributed by atoms with E-state index in [2.05, 4.69) is 169 Å². The molecule has 0 atom stereocenters. The van der Waals surface area contributed by atoms with Crippen molar-refractivity contribution in [2.75, 3.05) is 0 Å². The van der Waals surface area contributed by atoms with Crippen molar-refractivity contribution in [2.45, 2.75) is 0 Å². The molecule has 0 radical (unpaired) electrons. The van der Waals surface area contributed by atoms with Crippen LogP contribution < -0.4 is 0 Å². The van der Waals surface area contributed by atoms with Gasteiger partial charge in [0.05, 0.1) is 22.4 Å². The lowest BCUT2D eigenvalue weighted by Gasteiger charge is -2.22. The topological polar surface area (TPSA) is 43.9 Å². The Labute approximate surface area is 359 Å². The van der Waals surface area contributed by atoms with E-state index in [9.17, 15) is 0 Å². The van der Waals surface area contributed by atoms with Crippen LogP contribution in [0.15, 0.2) is 230 Å². The number of hydrogen-bond acceptors (Lipinski definition) is 3. The van der Waals surface area contributed by atoms with Crippen molar-refractivity contribution in [1.82, 2.24) is 14.5 Å². The molecule has 3 aromatic heterocycles. The summed E-state index contributed by atoms with van der Waals surface area (Å²) in [5, 5.41) is 3.25. The van der Waals surface area contributed by atoms with Crippen molar-refractivity contribution in [2.24, 2.45) is 0 Å². The van der Waals surface area contributed by atoms with Gasteiger partial charge in [0, 0.05) is 38.4 Å². The fourth-order valence-electron chi connectivity index (χ4n) is 8.87. The quantitative estimate of drug-likeness (QED) is 0.137. The molecule has 292 valence electrons. The second kappa shape index (κ2) is 15.4. The molecule has 0 saturated heterocycles. The van der Waals surface area contributed by atoms with Crippen molar-refractivity contribution < 1.29 is 4.42 Å². The fraction of sp³-hybridized carbons (Fsp3) is 0. The fourth-order valence-corrected chi connectivity index (χ4v) is 8.87. The van der Waals surface area contributed by atoms with E-state index >= 15 is 0 Å². The zero-order chi connectivity index (χ0) is 41.6. The third kappa shape index (κ3) is 6.25. The standard InChI is InChI=1S/C58H39N3O/c1-3-19-38(4-2)47-36-45(55-54(42-26-15-8-16-27-42)59-56-46-28-17-18-29-53(46)62-58(56)60-55)37-48(41-24-13-7-14-25-41)57(47)61-51-32-30-43(39-20-9-5-10-21-39)34-49(51)50-35-44(31-33-52(50)61)40-22-11-6-12-23-40/h3-37H,1-2H2/b38-19+. The zero-order valence-electron chi connectivity index (χ0n) is 33.9. The van der Waals surface area contributed by atoms with Gasteiger partial charge in [0.25, 0.3) is 0 Å². The largest absolute Gasteiger partial charge is 0.436 e. The summed E-state index contributed by atoms with van der Waals surface area (Å²) in [5.74, 6) is 0. The van der Waals surface area contributed by atoms with Crippen LogP contribution in [0.4, 0.5) is 0 Å². The maximum Gasteiger partial charge on any atom is 0.246 e. The molecule has 8 aromatic carbocycles. The van der Waals surface area contributed by atoms with Gasteiger partial charge in [-0.3, -0.25) is 0 Å². The lowest BCUT2D eigenvalue weighted by molar-refractivity contribution is 0.653. The molecule has 0 spiro atoms. The van der Waals surface area contributed by atoms with Gasteiger partial charge >= 0.3 is 0 Å². The molecule has 0 amide bonds. The summed E-state index contributed by atoms with van der Waals surface area (Å²) >= 11 is 0. The minimum Gasteiger partial charge on any atom is -0.436 e. The number of fused-ring (bicyclic) bond motifs is 6. The van der Waals surface area contributed by atoms with E-state index in [1.165, 1.54) is 11.1 Å². The number of allylic oxidation sites excluding steroid dienone is 4. The molecular weight excluding hydrogens is 755 g/mol. The van der Waals surface area contributed by atoms with Gasteiger partial charge in [-0.05, 0) is 81.9 Å². The van der Waals surface area contributed by atoms with Crippen molar-refractivity contribution in [3.05, 3.63) is 231 Å². The number of benzene rings is 8. The molecule has 4 nitrogen and oxygen atoms in total. The monoisotopic (exact) mass is 793 g/mol. The third-order valence-corrected chi connectivity index (χ3v) is 11.8. The van der Waals surface area contributed by atoms with Gasteiger partial charge in [0.1, 0.15) is 16.8 Å². The number of para-hydroxylation sites is 1. The first-order valence-electron chi connectivity index (χ1n) is 20.8. The first-order valence-corrected chi connectivity index (χ1v) is 20.8. The van der Waals surface area contributed by atoms with Gasteiger partial charge in [0.15, 0.2) is 0 Å². The van der Waals surface area contributed by atoms with Crippen molar-refractivity contribution in [1.29, 1.82) is 0 Å². The number of hydrogen-bond donors (Lipinski definition) is 0. The summed E-state index contributed by atoms with van der Waals surface area (Å²) in [4.78, 5) is 10.7. The van der Waals surface area contributed by atoms with Crippen LogP contribution in [-0.4, -0.2) is 14.5 Å². The minimum absolute atomic E-state index is 0.490. The Morgan fingerprint density at radius 1 is 0.468 bits per heavy atom. The van der Waals surface area contributed by atoms with Crippen LogP contribution in [0.25, 0.3) is 111 Å². The highest BCUT2D eigenvalue weighted by Crippen LogP contribution is 2.45. The van der Waals surface area contributed by atoms with E-state index < -0.39 is 0 Å². The van der Waals surface area contributed by atoms with Crippen LogP contribution in [0.3, 0.4) is 0 Å². The van der Waals surface area contributed by atoms with E-state index in [0.717, 1.165) is 99.9 Å². The zero-order valence-corrected chi connectivity index (χ0v) is 33.9. The Hall–Kier alpha value is -8.34. The van der Waals surface area contributed by atoms with Crippen LogP contribution >= 0.6 is 0 Å². The number of rotatable bonds is 9. The van der Waals surface area contributed by atoms with Gasteiger partial charge in [-0.25, -0.2) is 9.97 Å². The van der Waals surface area contributed by atoms with Gasteiger partial charge in [-0.15, -0.1) is 0 Å². The maximum absolute atomic E-state index is 6.40. The average molecular weight is 794 g/mol. The summed E-state index contributed by atoms with van der Waals surface area (Å²) < 4.78 is 8.83. The summed E-state index contributed by atoms with van der Waals surface area (Å²) in [7, 11) is 0. The molecule has 3 heterocycles. The van der Waals surface area contributed by atoms with E-state index in [4.69, 9.17) is 14.4 Å². The molecule has 11 aromatic rings. The summed E-state index contributed by atoms with van der Waals surface area (Å²) in [6.07, 6.45) is 5.78. The Balaban J connectivity index is 1.27. The molecule has 0 aliphatic heterocycles. The minimum atomic E-state index is 0.490. The molecule has 0 fully saturated rings. The van der Waals surface area contributed by atoms with E-state index in [1.54, 1.807) is 0 Å². The Bertz CT molecular complexity index is 3430. The molecule has 0 aliphatic rings. The van der Waals surface area contributed by atoms with Crippen molar-refractivity contribution in [3.63, 3.8) is 0 Å². The third-order valence-electron chi connectivity index (χ3n) is 11.8. The van der Waals surface area contributed by atoms with Crippen LogP contribution in [0.2, 0.25) is 0 Å². The first kappa shape index (κ1) is 36.7. The van der Waals surface area contributed by atoms with E-state index in [1.807, 2.05) is 60.7 Å². The Kier molecular flexibility index (Phi) is 9.10. The summed E-state index contributed by atoms with van der Waals surface area (Å²) in [6.45, 7) is 8.51. The average Bonchev–Trinajstić information content (AvgIpc) is 3.87. The molecule has 0 N–H and O–H groups in total. The molecule has 0 bridgehead atoms. The molecule has 0 saturated carbocycles. The molecule has 0 unspecified atom stereocenters. The lowest BCUT2D eigenvalue weighted by Crippen LogP contribution is -2.04. The number of aromatic nitrogens is 3. The van der Waals surface area contributed by atoms with Crippen LogP contribution in [0.1, 0.15) is 5.56 Å². The molecule has 62 heavy (non-hydrogen) atoms. The highest BCUT2D eigenvalue weighted by atomic mass is 16.3. The number of furan rings is 1. The predicted octanol–water partition coefficient (Wildman–Crippen LogP) is 15.6. The van der Waals surface area contributed by atoms with Gasteiger partial charge in [0.2, 0.25) is 5.71 Å². The first-order chi connectivity index (χ1) is 30.7. The van der Waals surface area contributed by atoms with Gasteiger partial charge in [-0.1, -0.05) is 177 Å².